The largest absolute Gasteiger partial charge is 0.503 e. The molecule has 4 nitrogen and oxygen atoms in total. The first-order valence-electron chi connectivity index (χ1n) is 2.44. The van der Waals surface area contributed by atoms with Crippen LogP contribution < -0.4 is 0 Å². The molecule has 1 aromatic rings. The monoisotopic (exact) mass is 129 g/mol. The molecule has 0 aliphatic heterocycles. The Balaban J connectivity index is 3.04. The van der Waals surface area contributed by atoms with Gasteiger partial charge < -0.3 is 20.3 Å². The minimum absolute atomic E-state index is 0.229. The molecule has 50 valence electrons. The van der Waals surface area contributed by atoms with E-state index < -0.39 is 0 Å². The van der Waals surface area contributed by atoms with Gasteiger partial charge in [-0.25, -0.2) is 0 Å². The summed E-state index contributed by atoms with van der Waals surface area (Å²) in [5, 5.41) is 25.9. The Morgan fingerprint density at radius 1 is 1.44 bits per heavy atom. The lowest BCUT2D eigenvalue weighted by Gasteiger charge is -1.89. The fourth-order valence-corrected chi connectivity index (χ4v) is 0.567. The normalized spacial score (nSPS) is 9.89. The van der Waals surface area contributed by atoms with Gasteiger partial charge in [0.15, 0.2) is 11.5 Å². The zero-order valence-corrected chi connectivity index (χ0v) is 4.63. The summed E-state index contributed by atoms with van der Waals surface area (Å²) in [5.74, 6) is -0.517. The first kappa shape index (κ1) is 5.97. The summed E-state index contributed by atoms with van der Waals surface area (Å²) in [4.78, 5) is 2.47. The predicted molar refractivity (Wildman–Crippen MR) is 30.0 cm³/mol. The van der Waals surface area contributed by atoms with Crippen LogP contribution in [0.2, 0.25) is 0 Å². The van der Waals surface area contributed by atoms with Crippen molar-refractivity contribution in [1.82, 2.24) is 4.98 Å². The number of aliphatic hydroxyl groups is 1. The van der Waals surface area contributed by atoms with Crippen LogP contribution in [0.15, 0.2) is 6.20 Å². The van der Waals surface area contributed by atoms with Crippen LogP contribution in [0.5, 0.6) is 11.5 Å². The highest BCUT2D eigenvalue weighted by Gasteiger charge is 2.05. The molecule has 0 saturated carbocycles. The molecule has 0 amide bonds. The van der Waals surface area contributed by atoms with Crippen molar-refractivity contribution in [2.75, 3.05) is 0 Å². The molecular formula is C5H7NO3. The minimum atomic E-state index is -0.299. The lowest BCUT2D eigenvalue weighted by Crippen LogP contribution is -1.80. The molecule has 4 N–H and O–H groups in total. The van der Waals surface area contributed by atoms with E-state index in [1.807, 2.05) is 0 Å². The molecule has 0 radical (unpaired) electrons. The number of rotatable bonds is 1. The molecular weight excluding hydrogens is 122 g/mol. The van der Waals surface area contributed by atoms with Crippen molar-refractivity contribution >= 4 is 0 Å². The fraction of sp³-hybridized carbons (Fsp3) is 0.200. The summed E-state index contributed by atoms with van der Waals surface area (Å²) in [6.45, 7) is -0.299. The molecule has 0 saturated heterocycles. The van der Waals surface area contributed by atoms with Crippen molar-refractivity contribution in [3.63, 3.8) is 0 Å². The van der Waals surface area contributed by atoms with Gasteiger partial charge in [-0.3, -0.25) is 0 Å². The van der Waals surface area contributed by atoms with Gasteiger partial charge in [0, 0.05) is 6.20 Å². The zero-order chi connectivity index (χ0) is 6.85. The molecule has 0 aliphatic carbocycles. The highest BCUT2D eigenvalue weighted by atomic mass is 16.3. The first-order chi connectivity index (χ1) is 4.25. The Morgan fingerprint density at radius 3 is 2.33 bits per heavy atom. The van der Waals surface area contributed by atoms with E-state index in [4.69, 9.17) is 15.3 Å². The number of hydrogen-bond donors (Lipinski definition) is 4. The molecule has 1 heterocycles. The standard InChI is InChI=1S/C5H7NO3/c7-2-3-5(9)4(8)1-6-3/h1,6-9H,2H2. The predicted octanol–water partition coefficient (Wildman–Crippen LogP) is -0.0818. The number of aliphatic hydroxyl groups excluding tert-OH is 1. The van der Waals surface area contributed by atoms with Crippen molar-refractivity contribution < 1.29 is 15.3 Å². The molecule has 4 heteroatoms. The van der Waals surface area contributed by atoms with Gasteiger partial charge in [-0.2, -0.15) is 0 Å². The second kappa shape index (κ2) is 1.99. The summed E-state index contributed by atoms with van der Waals surface area (Å²) in [6.07, 6.45) is 1.21. The number of nitrogens with one attached hydrogen (secondary N) is 1. The van der Waals surface area contributed by atoms with Gasteiger partial charge in [0.1, 0.15) is 0 Å². The van der Waals surface area contributed by atoms with Crippen LogP contribution in [-0.4, -0.2) is 20.3 Å². The average molecular weight is 129 g/mol. The maximum atomic E-state index is 8.80. The van der Waals surface area contributed by atoms with Gasteiger partial charge in [0.25, 0.3) is 0 Å². The molecule has 0 unspecified atom stereocenters. The van der Waals surface area contributed by atoms with Gasteiger partial charge >= 0.3 is 0 Å². The molecule has 0 bridgehead atoms. The number of aromatic amines is 1. The van der Waals surface area contributed by atoms with Crippen LogP contribution in [0.3, 0.4) is 0 Å². The van der Waals surface area contributed by atoms with Gasteiger partial charge in [0.05, 0.1) is 12.3 Å². The third kappa shape index (κ3) is 0.837. The molecule has 0 fully saturated rings. The van der Waals surface area contributed by atoms with Crippen LogP contribution in [0.1, 0.15) is 5.69 Å². The lowest BCUT2D eigenvalue weighted by atomic mass is 10.4. The Kier molecular flexibility index (Phi) is 1.32. The van der Waals surface area contributed by atoms with Gasteiger partial charge in [-0.1, -0.05) is 0 Å². The van der Waals surface area contributed by atoms with Crippen LogP contribution in [-0.2, 0) is 6.61 Å². The van der Waals surface area contributed by atoms with E-state index in [-0.39, 0.29) is 23.8 Å². The van der Waals surface area contributed by atoms with E-state index in [1.165, 1.54) is 6.20 Å². The number of H-pyrrole nitrogens is 1. The van der Waals surface area contributed by atoms with Crippen LogP contribution in [0.25, 0.3) is 0 Å². The van der Waals surface area contributed by atoms with Crippen molar-refractivity contribution in [3.05, 3.63) is 11.9 Å². The molecule has 0 spiro atoms. The Hall–Kier alpha value is -1.16. The quantitative estimate of drug-likeness (QED) is 0.428. The number of hydrogen-bond acceptors (Lipinski definition) is 3. The van der Waals surface area contributed by atoms with Gasteiger partial charge in [-0.05, 0) is 0 Å². The third-order valence-electron chi connectivity index (χ3n) is 1.07. The van der Waals surface area contributed by atoms with E-state index in [1.54, 1.807) is 0 Å². The first-order valence-corrected chi connectivity index (χ1v) is 2.44. The number of aromatic hydroxyl groups is 2. The molecule has 1 rings (SSSR count). The van der Waals surface area contributed by atoms with Crippen LogP contribution in [0.4, 0.5) is 0 Å². The van der Waals surface area contributed by atoms with Gasteiger partial charge in [-0.15, -0.1) is 0 Å². The van der Waals surface area contributed by atoms with E-state index in [2.05, 4.69) is 4.98 Å². The van der Waals surface area contributed by atoms with Crippen molar-refractivity contribution in [3.8, 4) is 11.5 Å². The molecule has 1 aromatic heterocycles. The summed E-state index contributed by atoms with van der Waals surface area (Å²) in [5.41, 5.74) is 0.229. The number of aromatic nitrogens is 1. The van der Waals surface area contributed by atoms with Crippen molar-refractivity contribution in [1.29, 1.82) is 0 Å². The van der Waals surface area contributed by atoms with E-state index >= 15 is 0 Å². The Labute approximate surface area is 51.4 Å². The Morgan fingerprint density at radius 2 is 2.11 bits per heavy atom. The second-order valence-corrected chi connectivity index (χ2v) is 1.66. The molecule has 0 aromatic carbocycles. The van der Waals surface area contributed by atoms with Crippen molar-refractivity contribution in [2.45, 2.75) is 6.61 Å². The summed E-state index contributed by atoms with van der Waals surface area (Å²) >= 11 is 0. The SMILES string of the molecule is OCc1[nH]cc(O)c1O. The second-order valence-electron chi connectivity index (χ2n) is 1.66. The summed E-state index contributed by atoms with van der Waals surface area (Å²) < 4.78 is 0. The fourth-order valence-electron chi connectivity index (χ4n) is 0.567. The summed E-state index contributed by atoms with van der Waals surface area (Å²) in [6, 6.07) is 0. The van der Waals surface area contributed by atoms with E-state index in [0.29, 0.717) is 0 Å². The van der Waals surface area contributed by atoms with Crippen molar-refractivity contribution in [2.24, 2.45) is 0 Å². The average Bonchev–Trinajstić information content (AvgIpc) is 2.15. The topological polar surface area (TPSA) is 76.5 Å². The molecule has 9 heavy (non-hydrogen) atoms. The van der Waals surface area contributed by atoms with Crippen LogP contribution in [0, 0.1) is 0 Å². The minimum Gasteiger partial charge on any atom is -0.503 e. The smallest absolute Gasteiger partial charge is 0.181 e. The molecule has 0 atom stereocenters. The Bertz CT molecular complexity index is 206. The third-order valence-corrected chi connectivity index (χ3v) is 1.07. The van der Waals surface area contributed by atoms with E-state index in [0.717, 1.165) is 0 Å². The highest BCUT2D eigenvalue weighted by Crippen LogP contribution is 2.27. The van der Waals surface area contributed by atoms with Gasteiger partial charge in [0.2, 0.25) is 0 Å². The maximum Gasteiger partial charge on any atom is 0.181 e. The zero-order valence-electron chi connectivity index (χ0n) is 4.63. The lowest BCUT2D eigenvalue weighted by molar-refractivity contribution is 0.270. The maximum absolute atomic E-state index is 8.80. The van der Waals surface area contributed by atoms with Crippen LogP contribution >= 0.6 is 0 Å². The van der Waals surface area contributed by atoms with E-state index in [9.17, 15) is 0 Å². The highest BCUT2D eigenvalue weighted by molar-refractivity contribution is 5.40. The molecule has 0 aliphatic rings. The summed E-state index contributed by atoms with van der Waals surface area (Å²) in [7, 11) is 0.